The summed E-state index contributed by atoms with van der Waals surface area (Å²) in [6, 6.07) is 6.16. The van der Waals surface area contributed by atoms with E-state index in [1.807, 2.05) is 4.90 Å². The van der Waals surface area contributed by atoms with Crippen LogP contribution >= 0.6 is 11.3 Å². The highest BCUT2D eigenvalue weighted by atomic mass is 32.1. The van der Waals surface area contributed by atoms with E-state index in [0.29, 0.717) is 27.4 Å². The van der Waals surface area contributed by atoms with Crippen LogP contribution in [0.5, 0.6) is 5.75 Å². The Kier molecular flexibility index (Phi) is 6.41. The lowest BCUT2D eigenvalue weighted by molar-refractivity contribution is 0.0729. The van der Waals surface area contributed by atoms with Gasteiger partial charge in [-0.05, 0) is 63.4 Å². The third-order valence-electron chi connectivity index (χ3n) is 6.35. The molecule has 0 unspecified atom stereocenters. The number of benzene rings is 1. The van der Waals surface area contributed by atoms with E-state index in [4.69, 9.17) is 4.74 Å². The van der Waals surface area contributed by atoms with E-state index in [0.717, 1.165) is 63.3 Å². The van der Waals surface area contributed by atoms with Gasteiger partial charge in [-0.3, -0.25) is 19.1 Å². The van der Waals surface area contributed by atoms with E-state index < -0.39 is 5.82 Å². The van der Waals surface area contributed by atoms with Gasteiger partial charge in [-0.2, -0.15) is 0 Å². The molecule has 33 heavy (non-hydrogen) atoms. The number of carbonyl (C=O) groups is 1. The number of nitrogens with zero attached hydrogens (tertiary/aromatic N) is 4. The van der Waals surface area contributed by atoms with E-state index in [2.05, 4.69) is 9.88 Å². The predicted molar refractivity (Wildman–Crippen MR) is 126 cm³/mol. The Morgan fingerprint density at radius 3 is 2.58 bits per heavy atom. The van der Waals surface area contributed by atoms with E-state index in [-0.39, 0.29) is 17.2 Å². The van der Waals surface area contributed by atoms with Crippen molar-refractivity contribution >= 4 is 27.5 Å². The van der Waals surface area contributed by atoms with Crippen molar-refractivity contribution in [2.24, 2.45) is 0 Å². The Labute approximate surface area is 195 Å². The first kappa shape index (κ1) is 22.0. The zero-order valence-electron chi connectivity index (χ0n) is 18.5. The van der Waals surface area contributed by atoms with Crippen LogP contribution in [0, 0.1) is 5.82 Å². The van der Waals surface area contributed by atoms with Crippen LogP contribution in [0.4, 0.5) is 4.39 Å². The van der Waals surface area contributed by atoms with Gasteiger partial charge in [-0.15, -0.1) is 11.3 Å². The summed E-state index contributed by atoms with van der Waals surface area (Å²) in [7, 11) is 0. The minimum absolute atomic E-state index is 0.0508. The number of carbonyl (C=O) groups excluding carboxylic acids is 1. The number of rotatable bonds is 6. The SMILES string of the molecule is O=C(c1cc2ncn(-c3ccc(OCCN4CCCC4)c(F)c3)c(=O)c2s1)N1CCCCC1. The quantitative estimate of drug-likeness (QED) is 0.550. The number of piperidine rings is 1. The molecule has 9 heteroatoms. The molecule has 1 amide bonds. The van der Waals surface area contributed by atoms with Crippen molar-refractivity contribution in [3.8, 4) is 11.4 Å². The highest BCUT2D eigenvalue weighted by molar-refractivity contribution is 7.20. The fourth-order valence-electron chi connectivity index (χ4n) is 4.50. The van der Waals surface area contributed by atoms with E-state index >= 15 is 0 Å². The van der Waals surface area contributed by atoms with Gasteiger partial charge < -0.3 is 9.64 Å². The smallest absolute Gasteiger partial charge is 0.275 e. The van der Waals surface area contributed by atoms with Crippen LogP contribution in [0.2, 0.25) is 0 Å². The number of ether oxygens (including phenoxy) is 1. The molecule has 3 aromatic rings. The summed E-state index contributed by atoms with van der Waals surface area (Å²) in [6.45, 7) is 4.83. The fraction of sp³-hybridized carbons (Fsp3) is 0.458. The minimum atomic E-state index is -0.520. The molecule has 174 valence electrons. The lowest BCUT2D eigenvalue weighted by Gasteiger charge is -2.26. The van der Waals surface area contributed by atoms with Gasteiger partial charge in [-0.25, -0.2) is 9.37 Å². The second-order valence-corrected chi connectivity index (χ2v) is 9.66. The largest absolute Gasteiger partial charge is 0.489 e. The number of fused-ring (bicyclic) bond motifs is 1. The van der Waals surface area contributed by atoms with E-state index in [1.54, 1.807) is 18.2 Å². The molecule has 2 fully saturated rings. The van der Waals surface area contributed by atoms with Gasteiger partial charge in [0.2, 0.25) is 0 Å². The summed E-state index contributed by atoms with van der Waals surface area (Å²) in [5.41, 5.74) is 0.546. The number of hydrogen-bond donors (Lipinski definition) is 0. The molecular weight excluding hydrogens is 443 g/mol. The van der Waals surface area contributed by atoms with Gasteiger partial charge in [0.05, 0.1) is 16.1 Å². The van der Waals surface area contributed by atoms with Crippen molar-refractivity contribution in [1.29, 1.82) is 0 Å². The predicted octanol–water partition coefficient (Wildman–Crippen LogP) is 3.69. The second-order valence-electron chi connectivity index (χ2n) is 8.61. The Morgan fingerprint density at radius 2 is 1.82 bits per heavy atom. The summed E-state index contributed by atoms with van der Waals surface area (Å²) >= 11 is 1.15. The highest BCUT2D eigenvalue weighted by Gasteiger charge is 2.22. The Morgan fingerprint density at radius 1 is 1.06 bits per heavy atom. The van der Waals surface area contributed by atoms with Crippen molar-refractivity contribution in [3.63, 3.8) is 0 Å². The first-order valence-corrected chi connectivity index (χ1v) is 12.4. The number of aromatic nitrogens is 2. The fourth-order valence-corrected chi connectivity index (χ4v) is 5.51. The minimum Gasteiger partial charge on any atom is -0.489 e. The zero-order chi connectivity index (χ0) is 22.8. The van der Waals surface area contributed by atoms with Gasteiger partial charge in [0.1, 0.15) is 17.6 Å². The van der Waals surface area contributed by atoms with Crippen molar-refractivity contribution in [1.82, 2.24) is 19.4 Å². The molecule has 2 aliphatic rings. The third kappa shape index (κ3) is 4.65. The maximum absolute atomic E-state index is 14.7. The maximum Gasteiger partial charge on any atom is 0.275 e. The molecule has 2 saturated heterocycles. The molecular formula is C24H27FN4O3S. The standard InChI is InChI=1S/C24H27FN4O3S/c25-18-14-17(6-7-20(18)32-13-12-27-8-4-5-9-27)29-16-26-19-15-21(33-22(19)24(29)31)23(30)28-10-2-1-3-11-28/h6-7,14-16H,1-5,8-13H2. The Bertz CT molecular complexity index is 1210. The van der Waals surface area contributed by atoms with Crippen molar-refractivity contribution in [3.05, 3.63) is 51.6 Å². The molecule has 5 rings (SSSR count). The van der Waals surface area contributed by atoms with Crippen LogP contribution in [0.25, 0.3) is 15.9 Å². The number of thiophene rings is 1. The van der Waals surface area contributed by atoms with Crippen molar-refractivity contribution < 1.29 is 13.9 Å². The van der Waals surface area contributed by atoms with Crippen LogP contribution in [0.3, 0.4) is 0 Å². The molecule has 1 aromatic carbocycles. The van der Waals surface area contributed by atoms with Gasteiger partial charge in [-0.1, -0.05) is 0 Å². The van der Waals surface area contributed by atoms with E-state index in [1.165, 1.54) is 29.8 Å². The molecule has 7 nitrogen and oxygen atoms in total. The molecule has 0 saturated carbocycles. The summed E-state index contributed by atoms with van der Waals surface area (Å²) in [6.07, 6.45) is 6.94. The van der Waals surface area contributed by atoms with Gasteiger partial charge in [0.15, 0.2) is 11.6 Å². The lowest BCUT2D eigenvalue weighted by atomic mass is 10.1. The first-order chi connectivity index (χ1) is 16.1. The normalized spacial score (nSPS) is 17.1. The molecule has 0 bridgehead atoms. The monoisotopic (exact) mass is 470 g/mol. The summed E-state index contributed by atoms with van der Waals surface area (Å²) in [5.74, 6) is -0.399. The summed E-state index contributed by atoms with van der Waals surface area (Å²) in [4.78, 5) is 34.9. The lowest BCUT2D eigenvalue weighted by Crippen LogP contribution is -2.35. The van der Waals surface area contributed by atoms with Crippen LogP contribution in [0.15, 0.2) is 35.4 Å². The van der Waals surface area contributed by atoms with Gasteiger partial charge >= 0.3 is 0 Å². The summed E-state index contributed by atoms with van der Waals surface area (Å²) < 4.78 is 22.0. The topological polar surface area (TPSA) is 67.7 Å². The molecule has 2 aliphatic heterocycles. The van der Waals surface area contributed by atoms with Crippen molar-refractivity contribution in [2.75, 3.05) is 39.3 Å². The Balaban J connectivity index is 1.34. The molecule has 2 aromatic heterocycles. The van der Waals surface area contributed by atoms with Crippen LogP contribution in [-0.2, 0) is 0 Å². The van der Waals surface area contributed by atoms with E-state index in [9.17, 15) is 14.0 Å². The number of halogens is 1. The van der Waals surface area contributed by atoms with Crippen LogP contribution in [0.1, 0.15) is 41.8 Å². The van der Waals surface area contributed by atoms with Crippen LogP contribution in [-0.4, -0.2) is 64.6 Å². The molecule has 0 spiro atoms. The Hall–Kier alpha value is -2.78. The molecule has 0 radical (unpaired) electrons. The maximum atomic E-state index is 14.7. The zero-order valence-corrected chi connectivity index (χ0v) is 19.3. The summed E-state index contributed by atoms with van der Waals surface area (Å²) in [5, 5.41) is 0. The first-order valence-electron chi connectivity index (χ1n) is 11.6. The molecule has 0 aliphatic carbocycles. The number of likely N-dealkylation sites (tertiary alicyclic amines) is 2. The second kappa shape index (κ2) is 9.61. The van der Waals surface area contributed by atoms with Gasteiger partial charge in [0.25, 0.3) is 11.5 Å². The molecule has 4 heterocycles. The molecule has 0 atom stereocenters. The number of amides is 1. The highest BCUT2D eigenvalue weighted by Crippen LogP contribution is 2.25. The average molecular weight is 471 g/mol. The molecule has 0 N–H and O–H groups in total. The van der Waals surface area contributed by atoms with Gasteiger partial charge in [0, 0.05) is 25.7 Å². The number of hydrogen-bond acceptors (Lipinski definition) is 6. The van der Waals surface area contributed by atoms with Crippen molar-refractivity contribution in [2.45, 2.75) is 32.1 Å². The third-order valence-corrected chi connectivity index (χ3v) is 7.45. The average Bonchev–Trinajstić information content (AvgIpc) is 3.51. The van der Waals surface area contributed by atoms with Crippen LogP contribution < -0.4 is 10.3 Å².